The van der Waals surface area contributed by atoms with E-state index in [4.69, 9.17) is 0 Å². The predicted octanol–water partition coefficient (Wildman–Crippen LogP) is -1.04. The molecule has 0 bridgehead atoms. The lowest BCUT2D eigenvalue weighted by Crippen LogP contribution is -2.45. The van der Waals surface area contributed by atoms with Gasteiger partial charge in [0.05, 0.1) is 6.54 Å². The van der Waals surface area contributed by atoms with Gasteiger partial charge in [0, 0.05) is 14.1 Å². The molecule has 0 atom stereocenters. The van der Waals surface area contributed by atoms with Crippen LogP contribution in [-0.4, -0.2) is 48.1 Å². The number of amides is 2. The Morgan fingerprint density at radius 2 is 1.85 bits per heavy atom. The first-order chi connectivity index (χ1) is 5.75. The zero-order chi connectivity index (χ0) is 10.6. The van der Waals surface area contributed by atoms with Crippen LogP contribution >= 0.6 is 0 Å². The van der Waals surface area contributed by atoms with Crippen LogP contribution in [0.4, 0.5) is 0 Å². The topological polar surface area (TPSA) is 69.6 Å². The van der Waals surface area contributed by atoms with E-state index in [0.29, 0.717) is 0 Å². The lowest BCUT2D eigenvalue weighted by atomic mass is 10.1. The molecule has 0 spiro atoms. The average molecular weight is 188 g/mol. The Balaban J connectivity index is 3.92. The van der Waals surface area contributed by atoms with E-state index in [9.17, 15) is 14.7 Å². The first-order valence-electron chi connectivity index (χ1n) is 3.96. The smallest absolute Gasteiger partial charge is 0.251 e. The lowest BCUT2D eigenvalue weighted by Gasteiger charge is -2.17. The molecule has 2 N–H and O–H groups in total. The van der Waals surface area contributed by atoms with E-state index in [1.165, 1.54) is 18.7 Å². The van der Waals surface area contributed by atoms with Crippen LogP contribution in [-0.2, 0) is 9.59 Å². The van der Waals surface area contributed by atoms with Crippen LogP contribution in [0.2, 0.25) is 0 Å². The van der Waals surface area contributed by atoms with Gasteiger partial charge in [-0.3, -0.25) is 9.59 Å². The quantitative estimate of drug-likeness (QED) is 0.594. The van der Waals surface area contributed by atoms with E-state index in [1.807, 2.05) is 0 Å². The number of hydrogen-bond acceptors (Lipinski definition) is 3. The van der Waals surface area contributed by atoms with Gasteiger partial charge in [-0.25, -0.2) is 0 Å². The summed E-state index contributed by atoms with van der Waals surface area (Å²) in [7, 11) is 3.19. The third-order valence-corrected chi connectivity index (χ3v) is 1.45. The van der Waals surface area contributed by atoms with Gasteiger partial charge in [0.2, 0.25) is 5.91 Å². The summed E-state index contributed by atoms with van der Waals surface area (Å²) in [6.45, 7) is 2.64. The number of nitrogens with zero attached hydrogens (tertiary/aromatic N) is 1. The third-order valence-electron chi connectivity index (χ3n) is 1.45. The third kappa shape index (κ3) is 4.47. The minimum Gasteiger partial charge on any atom is -0.381 e. The fourth-order valence-electron chi connectivity index (χ4n) is 0.530. The molecule has 13 heavy (non-hydrogen) atoms. The Morgan fingerprint density at radius 3 is 2.15 bits per heavy atom. The highest BCUT2D eigenvalue weighted by Gasteiger charge is 2.23. The number of rotatable bonds is 3. The maximum absolute atomic E-state index is 11.1. The molecule has 0 saturated carbocycles. The highest BCUT2D eigenvalue weighted by Crippen LogP contribution is 1.99. The van der Waals surface area contributed by atoms with Crippen molar-refractivity contribution in [2.24, 2.45) is 0 Å². The minimum atomic E-state index is -1.44. The van der Waals surface area contributed by atoms with E-state index >= 15 is 0 Å². The van der Waals surface area contributed by atoms with Crippen molar-refractivity contribution < 1.29 is 14.7 Å². The molecule has 0 radical (unpaired) electrons. The van der Waals surface area contributed by atoms with E-state index < -0.39 is 11.5 Å². The molecule has 0 aromatic carbocycles. The Morgan fingerprint density at radius 1 is 1.38 bits per heavy atom. The second kappa shape index (κ2) is 4.23. The summed E-state index contributed by atoms with van der Waals surface area (Å²) in [5.74, 6) is -0.764. The van der Waals surface area contributed by atoms with Crippen LogP contribution in [0.1, 0.15) is 13.8 Å². The molecule has 0 unspecified atom stereocenters. The summed E-state index contributed by atoms with van der Waals surface area (Å²) in [6, 6.07) is 0. The molecule has 0 aliphatic heterocycles. The van der Waals surface area contributed by atoms with E-state index in [2.05, 4.69) is 5.32 Å². The summed E-state index contributed by atoms with van der Waals surface area (Å²) < 4.78 is 0. The molecule has 0 fully saturated rings. The standard InChI is InChI=1S/C8H16N2O3/c1-8(2,13)7(12)9-5-6(11)10(3)4/h13H,5H2,1-4H3,(H,9,12). The van der Waals surface area contributed by atoms with Crippen LogP contribution in [0.15, 0.2) is 0 Å². The van der Waals surface area contributed by atoms with Gasteiger partial charge in [-0.15, -0.1) is 0 Å². The normalized spacial score (nSPS) is 10.8. The molecule has 0 saturated heterocycles. The van der Waals surface area contributed by atoms with Crippen LogP contribution in [0.25, 0.3) is 0 Å². The average Bonchev–Trinajstić information content (AvgIpc) is 1.97. The maximum atomic E-state index is 11.1. The molecule has 0 aromatic rings. The van der Waals surface area contributed by atoms with Crippen molar-refractivity contribution in [3.05, 3.63) is 0 Å². The number of carbonyl (C=O) groups excluding carboxylic acids is 2. The van der Waals surface area contributed by atoms with Crippen LogP contribution in [0, 0.1) is 0 Å². The van der Waals surface area contributed by atoms with Gasteiger partial charge >= 0.3 is 0 Å². The second-order valence-corrected chi connectivity index (χ2v) is 3.53. The predicted molar refractivity (Wildman–Crippen MR) is 48.0 cm³/mol. The highest BCUT2D eigenvalue weighted by molar-refractivity contribution is 5.88. The van der Waals surface area contributed by atoms with Gasteiger partial charge < -0.3 is 15.3 Å². The summed E-state index contributed by atoms with van der Waals surface area (Å²) in [5.41, 5.74) is -1.44. The largest absolute Gasteiger partial charge is 0.381 e. The molecule has 0 aliphatic carbocycles. The number of likely N-dealkylation sites (N-methyl/N-ethyl adjacent to an activating group) is 1. The Bertz CT molecular complexity index is 206. The molecule has 0 aliphatic rings. The Labute approximate surface area is 77.7 Å². The van der Waals surface area contributed by atoms with Crippen molar-refractivity contribution in [1.82, 2.24) is 10.2 Å². The summed E-state index contributed by atoms with van der Waals surface area (Å²) in [4.78, 5) is 23.4. The van der Waals surface area contributed by atoms with Crippen molar-refractivity contribution >= 4 is 11.8 Å². The fourth-order valence-corrected chi connectivity index (χ4v) is 0.530. The number of carbonyl (C=O) groups is 2. The van der Waals surface area contributed by atoms with E-state index in [0.717, 1.165) is 0 Å². The van der Waals surface area contributed by atoms with E-state index in [-0.39, 0.29) is 12.5 Å². The van der Waals surface area contributed by atoms with Crippen molar-refractivity contribution in [1.29, 1.82) is 0 Å². The van der Waals surface area contributed by atoms with E-state index in [1.54, 1.807) is 14.1 Å². The molecule has 76 valence electrons. The molecule has 2 amide bonds. The number of hydrogen-bond donors (Lipinski definition) is 2. The van der Waals surface area contributed by atoms with Gasteiger partial charge in [0.1, 0.15) is 5.60 Å². The number of aliphatic hydroxyl groups is 1. The second-order valence-electron chi connectivity index (χ2n) is 3.53. The molecule has 5 heteroatoms. The lowest BCUT2D eigenvalue weighted by molar-refractivity contribution is -0.139. The molecular formula is C8H16N2O3. The summed E-state index contributed by atoms with van der Waals surface area (Å²) in [6.07, 6.45) is 0. The summed E-state index contributed by atoms with van der Waals surface area (Å²) in [5, 5.41) is 11.5. The van der Waals surface area contributed by atoms with Gasteiger partial charge in [-0.1, -0.05) is 0 Å². The van der Waals surface area contributed by atoms with Gasteiger partial charge in [0.25, 0.3) is 5.91 Å². The maximum Gasteiger partial charge on any atom is 0.251 e. The minimum absolute atomic E-state index is 0.0875. The number of nitrogens with one attached hydrogen (secondary N) is 1. The van der Waals surface area contributed by atoms with Gasteiger partial charge in [-0.2, -0.15) is 0 Å². The molecule has 0 rings (SSSR count). The fraction of sp³-hybridized carbons (Fsp3) is 0.750. The van der Waals surface area contributed by atoms with Crippen molar-refractivity contribution in [3.63, 3.8) is 0 Å². The van der Waals surface area contributed by atoms with Gasteiger partial charge in [0.15, 0.2) is 0 Å². The van der Waals surface area contributed by atoms with Crippen molar-refractivity contribution in [3.8, 4) is 0 Å². The zero-order valence-electron chi connectivity index (χ0n) is 8.42. The zero-order valence-corrected chi connectivity index (χ0v) is 8.42. The molecule has 5 nitrogen and oxygen atoms in total. The van der Waals surface area contributed by atoms with Crippen LogP contribution in [0.3, 0.4) is 0 Å². The highest BCUT2D eigenvalue weighted by atomic mass is 16.3. The monoisotopic (exact) mass is 188 g/mol. The molecule has 0 aromatic heterocycles. The van der Waals surface area contributed by atoms with Crippen LogP contribution < -0.4 is 5.32 Å². The first kappa shape index (κ1) is 11.9. The molecular weight excluding hydrogens is 172 g/mol. The van der Waals surface area contributed by atoms with Crippen molar-refractivity contribution in [2.45, 2.75) is 19.4 Å². The van der Waals surface area contributed by atoms with Crippen molar-refractivity contribution in [2.75, 3.05) is 20.6 Å². The Kier molecular flexibility index (Phi) is 3.87. The Hall–Kier alpha value is -1.10. The first-order valence-corrected chi connectivity index (χ1v) is 3.96. The SMILES string of the molecule is CN(C)C(=O)CNC(=O)C(C)(C)O. The summed E-state index contributed by atoms with van der Waals surface area (Å²) >= 11 is 0. The van der Waals surface area contributed by atoms with Gasteiger partial charge in [-0.05, 0) is 13.8 Å². The van der Waals surface area contributed by atoms with Crippen LogP contribution in [0.5, 0.6) is 0 Å². The molecule has 0 heterocycles.